The summed E-state index contributed by atoms with van der Waals surface area (Å²) in [4.78, 5) is 21.8. The quantitative estimate of drug-likeness (QED) is 0.504. The highest BCUT2D eigenvalue weighted by Gasteiger charge is 2.24. The van der Waals surface area contributed by atoms with Crippen LogP contribution in [0.4, 0.5) is 0 Å². The average Bonchev–Trinajstić information content (AvgIpc) is 2.66. The molecule has 1 unspecified atom stereocenters. The van der Waals surface area contributed by atoms with Crippen LogP contribution in [-0.4, -0.2) is 38.0 Å². The summed E-state index contributed by atoms with van der Waals surface area (Å²) in [6.07, 6.45) is -0.551. The molecule has 0 fully saturated rings. The fourth-order valence-electron chi connectivity index (χ4n) is 2.30. The summed E-state index contributed by atoms with van der Waals surface area (Å²) < 4.78 is 0. The van der Waals surface area contributed by atoms with E-state index in [1.807, 2.05) is 12.1 Å². The zero-order chi connectivity index (χ0) is 19.5. The Kier molecular flexibility index (Phi) is 9.32. The van der Waals surface area contributed by atoms with Gasteiger partial charge in [-0.2, -0.15) is 0 Å². The molecule has 0 aliphatic heterocycles. The Balaban J connectivity index is 0.00000163. The lowest BCUT2D eigenvalue weighted by Gasteiger charge is -2.20. The highest BCUT2D eigenvalue weighted by atomic mass is 35.5. The van der Waals surface area contributed by atoms with E-state index in [0.717, 1.165) is 5.56 Å². The summed E-state index contributed by atoms with van der Waals surface area (Å²) in [5, 5.41) is 13.6. The average molecular weight is 380 g/mol. The first-order valence-corrected chi connectivity index (χ1v) is 8.05. The number of hydrogen-bond donors (Lipinski definition) is 3. The van der Waals surface area contributed by atoms with Gasteiger partial charge in [0, 0.05) is 17.6 Å². The van der Waals surface area contributed by atoms with E-state index in [-0.39, 0.29) is 5.71 Å². The number of nitrogens with one attached hydrogen (secondary N) is 1. The van der Waals surface area contributed by atoms with Crippen molar-refractivity contribution in [1.29, 1.82) is 0 Å². The number of halogens is 1. The van der Waals surface area contributed by atoms with Crippen molar-refractivity contribution in [1.82, 2.24) is 5.48 Å². The van der Waals surface area contributed by atoms with Crippen LogP contribution in [0.25, 0.3) is 0 Å². The lowest BCUT2D eigenvalue weighted by molar-refractivity contribution is -0.129. The molecule has 0 spiro atoms. The minimum atomic E-state index is -1.19. The second-order valence-corrected chi connectivity index (χ2v) is 5.20. The number of hydrogen-bond acceptors (Lipinski definition) is 6. The molecule has 1 atom stereocenters. The first-order valence-electron chi connectivity index (χ1n) is 7.67. The topological polar surface area (TPSA) is 106 Å². The number of carbonyl (C=O) groups is 1. The minimum absolute atomic E-state index is 0.202. The van der Waals surface area contributed by atoms with E-state index in [9.17, 15) is 9.90 Å². The number of hydroxylamine groups is 1. The number of carboxylic acids is 1. The lowest BCUT2D eigenvalue weighted by atomic mass is 9.94. The van der Waals surface area contributed by atoms with Crippen LogP contribution in [0, 0.1) is 0 Å². The number of benzene rings is 2. The smallest absolute Gasteiger partial charge is 0.358 e. The summed E-state index contributed by atoms with van der Waals surface area (Å²) in [7, 11) is 4.43. The van der Waals surface area contributed by atoms with Crippen LogP contribution in [-0.2, 0) is 14.5 Å². The van der Waals surface area contributed by atoms with Gasteiger partial charge in [0.05, 0.1) is 0 Å². The molecule has 0 aromatic heterocycles. The molecule has 2 aromatic carbocycles. The Morgan fingerprint density at radius 1 is 1.19 bits per heavy atom. The monoisotopic (exact) mass is 379 g/mol. The zero-order valence-corrected chi connectivity index (χ0v) is 15.5. The van der Waals surface area contributed by atoms with Gasteiger partial charge in [-0.15, -0.1) is 0 Å². The van der Waals surface area contributed by atoms with Crippen molar-refractivity contribution < 1.29 is 19.6 Å². The minimum Gasteiger partial charge on any atom is -0.476 e. The molecular weight excluding hydrogens is 358 g/mol. The normalized spacial score (nSPS) is 12.0. The van der Waals surface area contributed by atoms with E-state index < -0.39 is 12.1 Å². The van der Waals surface area contributed by atoms with Gasteiger partial charge in [-0.3, -0.25) is 4.84 Å². The van der Waals surface area contributed by atoms with Gasteiger partial charge >= 0.3 is 5.97 Å². The molecule has 26 heavy (non-hydrogen) atoms. The molecule has 2 aromatic rings. The maximum atomic E-state index is 11.5. The van der Waals surface area contributed by atoms with Crippen molar-refractivity contribution in [3.63, 3.8) is 0 Å². The van der Waals surface area contributed by atoms with Gasteiger partial charge in [0.15, 0.2) is 5.71 Å². The second kappa shape index (κ2) is 11.2. The fourth-order valence-corrected chi connectivity index (χ4v) is 2.43. The summed E-state index contributed by atoms with van der Waals surface area (Å²) in [5.74, 6) is -1.19. The number of nitrogens with zero attached hydrogens (tertiary/aromatic N) is 1. The maximum Gasteiger partial charge on any atom is 0.358 e. The fraction of sp³-hybridized carbons (Fsp3) is 0.222. The lowest BCUT2D eigenvalue weighted by Crippen LogP contribution is -2.21. The molecule has 0 amide bonds. The molecule has 0 saturated heterocycles. The SMILES string of the molecule is CN.CNOC(c1ccc(Cl)cc1)c1ccccc1/C(=N\OC)C(=O)O. The molecule has 140 valence electrons. The summed E-state index contributed by atoms with van der Waals surface area (Å²) in [6.45, 7) is 0. The van der Waals surface area contributed by atoms with Crippen molar-refractivity contribution in [3.8, 4) is 0 Å². The van der Waals surface area contributed by atoms with Gasteiger partial charge in [-0.1, -0.05) is 53.2 Å². The predicted molar refractivity (Wildman–Crippen MR) is 101 cm³/mol. The molecule has 0 aliphatic rings. The number of aliphatic carboxylic acids is 1. The number of carboxylic acid groups (broad SMARTS) is 1. The van der Waals surface area contributed by atoms with E-state index in [1.54, 1.807) is 43.4 Å². The van der Waals surface area contributed by atoms with Gasteiger partial charge in [-0.05, 0) is 30.3 Å². The largest absolute Gasteiger partial charge is 0.476 e. The highest BCUT2D eigenvalue weighted by Crippen LogP contribution is 2.29. The molecular formula is C18H22ClN3O4. The van der Waals surface area contributed by atoms with E-state index in [2.05, 4.69) is 21.2 Å². The van der Waals surface area contributed by atoms with Crippen LogP contribution in [0.2, 0.25) is 5.02 Å². The molecule has 7 nitrogen and oxygen atoms in total. The van der Waals surface area contributed by atoms with Crippen molar-refractivity contribution in [2.24, 2.45) is 10.9 Å². The van der Waals surface area contributed by atoms with Crippen LogP contribution < -0.4 is 11.2 Å². The van der Waals surface area contributed by atoms with Crippen LogP contribution in [0.15, 0.2) is 53.7 Å². The molecule has 0 heterocycles. The van der Waals surface area contributed by atoms with Crippen LogP contribution in [0.3, 0.4) is 0 Å². The van der Waals surface area contributed by atoms with E-state index in [4.69, 9.17) is 16.4 Å². The third kappa shape index (κ3) is 5.53. The van der Waals surface area contributed by atoms with Crippen molar-refractivity contribution in [2.45, 2.75) is 6.10 Å². The second-order valence-electron chi connectivity index (χ2n) is 4.77. The van der Waals surface area contributed by atoms with Crippen molar-refractivity contribution in [3.05, 3.63) is 70.2 Å². The van der Waals surface area contributed by atoms with Gasteiger partial charge in [0.1, 0.15) is 13.2 Å². The standard InChI is InChI=1S/C17H17ClN2O4.CH5N/c1-19-24-16(11-7-9-12(18)10-8-11)14-6-4-3-5-13(14)15(17(21)22)20-23-2;1-2/h3-10,16,19H,1-2H3,(H,21,22);2H2,1H3/b20-15+;. The van der Waals surface area contributed by atoms with E-state index >= 15 is 0 Å². The van der Waals surface area contributed by atoms with Crippen LogP contribution in [0.1, 0.15) is 22.8 Å². The van der Waals surface area contributed by atoms with E-state index in [0.29, 0.717) is 16.1 Å². The molecule has 0 bridgehead atoms. The molecule has 0 saturated carbocycles. The van der Waals surface area contributed by atoms with Crippen molar-refractivity contribution >= 4 is 23.3 Å². The van der Waals surface area contributed by atoms with Gasteiger partial charge in [0.25, 0.3) is 0 Å². The number of rotatable bonds is 7. The molecule has 2 rings (SSSR count). The Morgan fingerprint density at radius 3 is 2.35 bits per heavy atom. The molecule has 8 heteroatoms. The molecule has 4 N–H and O–H groups in total. The Hall–Kier alpha value is -2.45. The molecule has 0 radical (unpaired) electrons. The van der Waals surface area contributed by atoms with Gasteiger partial charge in [-0.25, -0.2) is 10.3 Å². The number of nitrogens with two attached hydrogens (primary N) is 1. The van der Waals surface area contributed by atoms with Crippen LogP contribution in [0.5, 0.6) is 0 Å². The maximum absolute atomic E-state index is 11.5. The van der Waals surface area contributed by atoms with Gasteiger partial charge in [0.2, 0.25) is 0 Å². The van der Waals surface area contributed by atoms with Gasteiger partial charge < -0.3 is 15.7 Å². The first-order chi connectivity index (χ1) is 12.6. The summed E-state index contributed by atoms with van der Waals surface area (Å²) >= 11 is 5.93. The highest BCUT2D eigenvalue weighted by molar-refractivity contribution is 6.42. The predicted octanol–water partition coefficient (Wildman–Crippen LogP) is 2.59. The zero-order valence-electron chi connectivity index (χ0n) is 14.8. The summed E-state index contributed by atoms with van der Waals surface area (Å²) in [5.41, 5.74) is 8.80. The first kappa shape index (κ1) is 21.6. The van der Waals surface area contributed by atoms with Crippen molar-refractivity contribution in [2.75, 3.05) is 21.2 Å². The van der Waals surface area contributed by atoms with E-state index in [1.165, 1.54) is 14.2 Å². The third-order valence-corrected chi connectivity index (χ3v) is 3.54. The Labute approximate surface area is 157 Å². The van der Waals surface area contributed by atoms with Crippen LogP contribution >= 0.6 is 11.6 Å². The third-order valence-electron chi connectivity index (χ3n) is 3.29. The Bertz CT molecular complexity index is 735. The molecule has 0 aliphatic carbocycles. The number of oxime groups is 1. The Morgan fingerprint density at radius 2 is 1.81 bits per heavy atom. The summed E-state index contributed by atoms with van der Waals surface area (Å²) in [6, 6.07) is 14.1.